The van der Waals surface area contributed by atoms with Crippen molar-refractivity contribution in [3.05, 3.63) is 16.6 Å². The number of likely N-dealkylation sites (tertiary alicyclic amines) is 1. The van der Waals surface area contributed by atoms with Gasteiger partial charge < -0.3 is 10.2 Å². The maximum atomic E-state index is 4.45. The van der Waals surface area contributed by atoms with Crippen molar-refractivity contribution >= 4 is 11.3 Å². The zero-order valence-electron chi connectivity index (χ0n) is 8.79. The number of aromatic nitrogens is 1. The summed E-state index contributed by atoms with van der Waals surface area (Å²) < 4.78 is 0. The molecule has 0 atom stereocenters. The minimum absolute atomic E-state index is 0.140. The lowest BCUT2D eigenvalue weighted by Gasteiger charge is -2.39. The molecule has 0 spiro atoms. The topological polar surface area (TPSA) is 28.2 Å². The van der Waals surface area contributed by atoms with Crippen LogP contribution >= 0.6 is 11.3 Å². The molecule has 0 amide bonds. The first-order valence-corrected chi connectivity index (χ1v) is 5.92. The highest BCUT2D eigenvalue weighted by molar-refractivity contribution is 7.09. The van der Waals surface area contributed by atoms with Crippen molar-refractivity contribution in [1.29, 1.82) is 0 Å². The van der Waals surface area contributed by atoms with E-state index in [1.165, 1.54) is 5.01 Å². The van der Waals surface area contributed by atoms with Crippen LogP contribution in [0.5, 0.6) is 0 Å². The summed E-state index contributed by atoms with van der Waals surface area (Å²) >= 11 is 1.76. The molecule has 14 heavy (non-hydrogen) atoms. The monoisotopic (exact) mass is 211 g/mol. The minimum atomic E-state index is 0.140. The summed E-state index contributed by atoms with van der Waals surface area (Å²) in [7, 11) is 4.23. The van der Waals surface area contributed by atoms with Crippen LogP contribution in [0.2, 0.25) is 0 Å². The van der Waals surface area contributed by atoms with E-state index in [1.54, 1.807) is 11.3 Å². The van der Waals surface area contributed by atoms with E-state index in [2.05, 4.69) is 27.6 Å². The Bertz CT molecular complexity index is 276. The Balaban J connectivity index is 2.19. The van der Waals surface area contributed by atoms with Crippen LogP contribution in [0.25, 0.3) is 0 Å². The van der Waals surface area contributed by atoms with Crippen LogP contribution in [0.15, 0.2) is 11.6 Å². The Kier molecular flexibility index (Phi) is 2.85. The van der Waals surface area contributed by atoms with E-state index in [9.17, 15) is 0 Å². The summed E-state index contributed by atoms with van der Waals surface area (Å²) in [6.45, 7) is 2.31. The van der Waals surface area contributed by atoms with Crippen LogP contribution in [-0.4, -0.2) is 37.1 Å². The van der Waals surface area contributed by atoms with E-state index >= 15 is 0 Å². The fourth-order valence-corrected chi connectivity index (χ4v) is 2.93. The van der Waals surface area contributed by atoms with Gasteiger partial charge in [-0.05, 0) is 26.9 Å². The summed E-state index contributed by atoms with van der Waals surface area (Å²) in [6.07, 6.45) is 4.22. The molecule has 2 rings (SSSR count). The smallest absolute Gasteiger partial charge is 0.113 e. The lowest BCUT2D eigenvalue weighted by molar-refractivity contribution is 0.164. The van der Waals surface area contributed by atoms with Crippen LogP contribution in [-0.2, 0) is 5.54 Å². The van der Waals surface area contributed by atoms with Crippen molar-refractivity contribution in [3.63, 3.8) is 0 Å². The first-order valence-electron chi connectivity index (χ1n) is 5.04. The molecule has 1 aromatic rings. The van der Waals surface area contributed by atoms with E-state index < -0.39 is 0 Å². The van der Waals surface area contributed by atoms with E-state index in [1.807, 2.05) is 13.2 Å². The molecule has 0 saturated carbocycles. The third-order valence-electron chi connectivity index (χ3n) is 3.16. The number of hydrogen-bond donors (Lipinski definition) is 1. The predicted molar refractivity (Wildman–Crippen MR) is 59.6 cm³/mol. The number of nitrogens with zero attached hydrogens (tertiary/aromatic N) is 2. The third-order valence-corrected chi connectivity index (χ3v) is 4.14. The van der Waals surface area contributed by atoms with Gasteiger partial charge in [0.2, 0.25) is 0 Å². The van der Waals surface area contributed by atoms with Gasteiger partial charge >= 0.3 is 0 Å². The molecule has 3 nitrogen and oxygen atoms in total. The van der Waals surface area contributed by atoms with Crippen LogP contribution in [0.1, 0.15) is 17.8 Å². The number of piperidine rings is 1. The van der Waals surface area contributed by atoms with Crippen LogP contribution in [0.4, 0.5) is 0 Å². The molecule has 1 aliphatic rings. The predicted octanol–water partition coefficient (Wildman–Crippen LogP) is 1.28. The normalized spacial score (nSPS) is 22.4. The molecule has 0 aromatic carbocycles. The van der Waals surface area contributed by atoms with Crippen LogP contribution < -0.4 is 5.32 Å². The number of thiazole rings is 1. The molecule has 0 radical (unpaired) electrons. The molecular weight excluding hydrogens is 194 g/mol. The SMILES string of the molecule is CNC1(c2nccs2)CCN(C)CC1. The Labute approximate surface area is 89.1 Å². The van der Waals surface area contributed by atoms with Gasteiger partial charge in [-0.15, -0.1) is 11.3 Å². The van der Waals surface area contributed by atoms with Gasteiger partial charge in [0.1, 0.15) is 5.01 Å². The molecule has 1 aliphatic heterocycles. The number of hydrogen-bond acceptors (Lipinski definition) is 4. The standard InChI is InChI=1S/C10H17N3S/c1-11-10(9-12-5-8-14-9)3-6-13(2)7-4-10/h5,8,11H,3-4,6-7H2,1-2H3. The highest BCUT2D eigenvalue weighted by Crippen LogP contribution is 2.33. The molecule has 2 heterocycles. The molecule has 0 unspecified atom stereocenters. The largest absolute Gasteiger partial charge is 0.308 e. The average Bonchev–Trinajstić information content (AvgIpc) is 2.73. The summed E-state index contributed by atoms with van der Waals surface area (Å²) in [5, 5.41) is 6.77. The highest BCUT2D eigenvalue weighted by atomic mass is 32.1. The molecule has 1 saturated heterocycles. The molecule has 78 valence electrons. The summed E-state index contributed by atoms with van der Waals surface area (Å²) in [4.78, 5) is 6.82. The lowest BCUT2D eigenvalue weighted by atomic mass is 9.88. The van der Waals surface area contributed by atoms with E-state index in [0.717, 1.165) is 25.9 Å². The Morgan fingerprint density at radius 1 is 1.50 bits per heavy atom. The molecule has 1 N–H and O–H groups in total. The molecule has 1 aromatic heterocycles. The zero-order valence-corrected chi connectivity index (χ0v) is 9.60. The molecule has 0 aliphatic carbocycles. The fourth-order valence-electron chi connectivity index (χ4n) is 2.03. The van der Waals surface area contributed by atoms with Gasteiger partial charge in [0.05, 0.1) is 5.54 Å². The van der Waals surface area contributed by atoms with Crippen molar-refractivity contribution < 1.29 is 0 Å². The summed E-state index contributed by atoms with van der Waals surface area (Å²) in [6, 6.07) is 0. The number of nitrogens with one attached hydrogen (secondary N) is 1. The van der Waals surface area contributed by atoms with Crippen molar-refractivity contribution in [2.75, 3.05) is 27.2 Å². The lowest BCUT2D eigenvalue weighted by Crippen LogP contribution is -2.48. The first-order chi connectivity index (χ1) is 6.77. The van der Waals surface area contributed by atoms with Gasteiger partial charge in [0, 0.05) is 24.7 Å². The van der Waals surface area contributed by atoms with Crippen molar-refractivity contribution in [3.8, 4) is 0 Å². The maximum absolute atomic E-state index is 4.45. The second-order valence-corrected chi connectivity index (χ2v) is 4.87. The quantitative estimate of drug-likeness (QED) is 0.799. The Morgan fingerprint density at radius 2 is 2.21 bits per heavy atom. The second kappa shape index (κ2) is 3.96. The van der Waals surface area contributed by atoms with E-state index in [4.69, 9.17) is 0 Å². The molecule has 1 fully saturated rings. The molecule has 4 heteroatoms. The van der Waals surface area contributed by atoms with Gasteiger partial charge in [0.25, 0.3) is 0 Å². The summed E-state index contributed by atoms with van der Waals surface area (Å²) in [5.74, 6) is 0. The first kappa shape index (κ1) is 10.1. The van der Waals surface area contributed by atoms with Gasteiger partial charge in [0.15, 0.2) is 0 Å². The van der Waals surface area contributed by atoms with Crippen molar-refractivity contribution in [1.82, 2.24) is 15.2 Å². The van der Waals surface area contributed by atoms with Gasteiger partial charge in [-0.25, -0.2) is 4.98 Å². The van der Waals surface area contributed by atoms with Crippen LogP contribution in [0, 0.1) is 0 Å². The van der Waals surface area contributed by atoms with Crippen molar-refractivity contribution in [2.45, 2.75) is 18.4 Å². The van der Waals surface area contributed by atoms with Gasteiger partial charge in [-0.2, -0.15) is 0 Å². The zero-order chi connectivity index (χ0) is 10.0. The average molecular weight is 211 g/mol. The number of rotatable bonds is 2. The van der Waals surface area contributed by atoms with Gasteiger partial charge in [-0.3, -0.25) is 0 Å². The second-order valence-electron chi connectivity index (χ2n) is 3.97. The van der Waals surface area contributed by atoms with E-state index in [-0.39, 0.29) is 5.54 Å². The fraction of sp³-hybridized carbons (Fsp3) is 0.700. The van der Waals surface area contributed by atoms with Crippen LogP contribution in [0.3, 0.4) is 0 Å². The Morgan fingerprint density at radius 3 is 2.71 bits per heavy atom. The van der Waals surface area contributed by atoms with E-state index in [0.29, 0.717) is 0 Å². The minimum Gasteiger partial charge on any atom is -0.308 e. The third kappa shape index (κ3) is 1.69. The molecular formula is C10H17N3S. The van der Waals surface area contributed by atoms with Crippen molar-refractivity contribution in [2.24, 2.45) is 0 Å². The highest BCUT2D eigenvalue weighted by Gasteiger charge is 2.35. The molecule has 0 bridgehead atoms. The summed E-state index contributed by atoms with van der Waals surface area (Å²) in [5.41, 5.74) is 0.140. The maximum Gasteiger partial charge on any atom is 0.113 e. The van der Waals surface area contributed by atoms with Gasteiger partial charge in [-0.1, -0.05) is 0 Å². The Hall–Kier alpha value is -0.450.